The highest BCUT2D eigenvalue weighted by atomic mass is 32.2. The number of nitrogens with zero attached hydrogens (tertiary/aromatic N) is 2. The number of aromatic nitrogens is 2. The van der Waals surface area contributed by atoms with Gasteiger partial charge in [0.15, 0.2) is 4.90 Å². The van der Waals surface area contributed by atoms with E-state index in [-0.39, 0.29) is 0 Å². The van der Waals surface area contributed by atoms with Crippen LogP contribution in [0.4, 0.5) is 5.69 Å². The molecule has 0 aliphatic heterocycles. The lowest BCUT2D eigenvalue weighted by Gasteiger charge is -2.10. The molecule has 2 aromatic rings. The molecular weight excluding hydrogens is 326 g/mol. The second kappa shape index (κ2) is 6.01. The lowest BCUT2D eigenvalue weighted by atomic mass is 10.3. The highest BCUT2D eigenvalue weighted by Gasteiger charge is 2.21. The minimum absolute atomic E-state index is 0.350. The van der Waals surface area contributed by atoms with E-state index in [1.807, 2.05) is 12.3 Å². The third-order valence-electron chi connectivity index (χ3n) is 3.03. The molecule has 0 unspecified atom stereocenters. The van der Waals surface area contributed by atoms with E-state index in [2.05, 4.69) is 4.72 Å². The molecule has 1 aromatic heterocycles. The molecule has 0 aliphatic carbocycles. The summed E-state index contributed by atoms with van der Waals surface area (Å²) < 4.78 is 28.9. The van der Waals surface area contributed by atoms with Crippen molar-refractivity contribution in [2.24, 2.45) is 14.1 Å². The molecule has 0 amide bonds. The standard InChI is InChI=1S/C13H15N3O4S2/c1-15-8-11(12(17)16(2)13(15)18)22(19,20)14-9-5-4-6-10(7-9)21-3/h4-8,14H,1-3H3. The first-order chi connectivity index (χ1) is 10.3. The van der Waals surface area contributed by atoms with Crippen molar-refractivity contribution in [3.05, 3.63) is 51.3 Å². The van der Waals surface area contributed by atoms with Crippen molar-refractivity contribution in [2.45, 2.75) is 9.79 Å². The molecule has 0 bridgehead atoms. The highest BCUT2D eigenvalue weighted by molar-refractivity contribution is 7.98. The van der Waals surface area contributed by atoms with Crippen LogP contribution in [0.5, 0.6) is 0 Å². The van der Waals surface area contributed by atoms with Gasteiger partial charge in [-0.15, -0.1) is 11.8 Å². The minimum Gasteiger partial charge on any atom is -0.302 e. The van der Waals surface area contributed by atoms with E-state index in [1.165, 1.54) is 25.9 Å². The number of hydrogen-bond acceptors (Lipinski definition) is 5. The summed E-state index contributed by atoms with van der Waals surface area (Å²) in [6, 6.07) is 6.80. The van der Waals surface area contributed by atoms with Crippen LogP contribution in [0.1, 0.15) is 0 Å². The van der Waals surface area contributed by atoms with Crippen molar-refractivity contribution in [1.29, 1.82) is 0 Å². The van der Waals surface area contributed by atoms with Gasteiger partial charge in [-0.05, 0) is 24.5 Å². The van der Waals surface area contributed by atoms with Crippen molar-refractivity contribution in [1.82, 2.24) is 9.13 Å². The second-order valence-electron chi connectivity index (χ2n) is 4.59. The molecule has 0 saturated heterocycles. The molecule has 9 heteroatoms. The Morgan fingerprint density at radius 2 is 1.86 bits per heavy atom. The average molecular weight is 341 g/mol. The third-order valence-corrected chi connectivity index (χ3v) is 5.12. The fourth-order valence-electron chi connectivity index (χ4n) is 1.86. The predicted octanol–water partition coefficient (Wildman–Crippen LogP) is 0.607. The molecule has 22 heavy (non-hydrogen) atoms. The quantitative estimate of drug-likeness (QED) is 0.823. The van der Waals surface area contributed by atoms with Gasteiger partial charge in [0.1, 0.15) is 0 Å². The number of benzene rings is 1. The highest BCUT2D eigenvalue weighted by Crippen LogP contribution is 2.20. The Bertz CT molecular complexity index is 929. The Morgan fingerprint density at radius 3 is 2.50 bits per heavy atom. The van der Waals surface area contributed by atoms with Crippen LogP contribution in [0, 0.1) is 0 Å². The summed E-state index contributed by atoms with van der Waals surface area (Å²) in [5, 5.41) is 0. The van der Waals surface area contributed by atoms with E-state index < -0.39 is 26.2 Å². The van der Waals surface area contributed by atoms with E-state index in [4.69, 9.17) is 0 Å². The number of anilines is 1. The number of sulfonamides is 1. The summed E-state index contributed by atoms with van der Waals surface area (Å²) in [5.41, 5.74) is -1.10. The maximum absolute atomic E-state index is 12.4. The molecule has 0 atom stereocenters. The summed E-state index contributed by atoms with van der Waals surface area (Å²) in [6.07, 6.45) is 2.89. The van der Waals surface area contributed by atoms with E-state index >= 15 is 0 Å². The Kier molecular flexibility index (Phi) is 4.47. The first kappa shape index (κ1) is 16.4. The van der Waals surface area contributed by atoms with Crippen LogP contribution >= 0.6 is 11.8 Å². The van der Waals surface area contributed by atoms with Gasteiger partial charge in [0.25, 0.3) is 15.6 Å². The maximum Gasteiger partial charge on any atom is 0.330 e. The summed E-state index contributed by atoms with van der Waals surface area (Å²) in [5.74, 6) is 0. The molecule has 2 rings (SSSR count). The van der Waals surface area contributed by atoms with Crippen LogP contribution < -0.4 is 16.0 Å². The Morgan fingerprint density at radius 1 is 1.18 bits per heavy atom. The molecular formula is C13H15N3O4S2. The second-order valence-corrected chi connectivity index (χ2v) is 7.12. The third kappa shape index (κ3) is 3.09. The zero-order valence-electron chi connectivity index (χ0n) is 12.2. The Hall–Kier alpha value is -2.00. The topological polar surface area (TPSA) is 90.2 Å². The number of rotatable bonds is 4. The predicted molar refractivity (Wildman–Crippen MR) is 86.0 cm³/mol. The molecule has 118 valence electrons. The van der Waals surface area contributed by atoms with Gasteiger partial charge in [-0.3, -0.25) is 14.1 Å². The fourth-order valence-corrected chi connectivity index (χ4v) is 3.53. The number of nitrogens with one attached hydrogen (secondary N) is 1. The molecule has 1 heterocycles. The van der Waals surface area contributed by atoms with Crippen LogP contribution in [-0.2, 0) is 24.1 Å². The lowest BCUT2D eigenvalue weighted by molar-refractivity contribution is 0.589. The van der Waals surface area contributed by atoms with E-state index in [0.717, 1.165) is 20.2 Å². The van der Waals surface area contributed by atoms with Gasteiger partial charge in [-0.2, -0.15) is 0 Å². The Balaban J connectivity index is 2.52. The van der Waals surface area contributed by atoms with Crippen LogP contribution in [0.25, 0.3) is 0 Å². The van der Waals surface area contributed by atoms with E-state index in [9.17, 15) is 18.0 Å². The largest absolute Gasteiger partial charge is 0.330 e. The van der Waals surface area contributed by atoms with Gasteiger partial charge in [0.05, 0.1) is 0 Å². The van der Waals surface area contributed by atoms with Crippen LogP contribution in [-0.4, -0.2) is 23.8 Å². The van der Waals surface area contributed by atoms with Gasteiger partial charge in [-0.1, -0.05) is 6.07 Å². The van der Waals surface area contributed by atoms with Gasteiger partial charge in [-0.25, -0.2) is 13.2 Å². The summed E-state index contributed by atoms with van der Waals surface area (Å²) >= 11 is 1.47. The van der Waals surface area contributed by atoms with Crippen LogP contribution in [0.3, 0.4) is 0 Å². The first-order valence-electron chi connectivity index (χ1n) is 6.20. The molecule has 7 nitrogen and oxygen atoms in total. The number of thioether (sulfide) groups is 1. The molecule has 0 fully saturated rings. The van der Waals surface area contributed by atoms with Gasteiger partial charge in [0, 0.05) is 30.9 Å². The molecule has 0 radical (unpaired) electrons. The fraction of sp³-hybridized carbons (Fsp3) is 0.231. The number of aryl methyl sites for hydroxylation is 1. The molecule has 0 saturated carbocycles. The lowest BCUT2D eigenvalue weighted by Crippen LogP contribution is -2.40. The zero-order valence-corrected chi connectivity index (χ0v) is 13.9. The summed E-state index contributed by atoms with van der Waals surface area (Å²) in [7, 11) is -1.46. The summed E-state index contributed by atoms with van der Waals surface area (Å²) in [4.78, 5) is 24.0. The van der Waals surface area contributed by atoms with Crippen molar-refractivity contribution in [3.8, 4) is 0 Å². The van der Waals surface area contributed by atoms with Crippen LogP contribution in [0.2, 0.25) is 0 Å². The molecule has 0 spiro atoms. The Labute approximate surface area is 131 Å². The first-order valence-corrected chi connectivity index (χ1v) is 8.90. The number of hydrogen-bond donors (Lipinski definition) is 1. The van der Waals surface area contributed by atoms with Gasteiger partial charge >= 0.3 is 5.69 Å². The summed E-state index contributed by atoms with van der Waals surface area (Å²) in [6.45, 7) is 0. The molecule has 1 N–H and O–H groups in total. The normalized spacial score (nSPS) is 11.4. The maximum atomic E-state index is 12.4. The molecule has 1 aromatic carbocycles. The zero-order chi connectivity index (χ0) is 16.5. The van der Waals surface area contributed by atoms with Gasteiger partial charge in [0.2, 0.25) is 0 Å². The van der Waals surface area contributed by atoms with Crippen molar-refractivity contribution < 1.29 is 8.42 Å². The van der Waals surface area contributed by atoms with Crippen LogP contribution in [0.15, 0.2) is 49.8 Å². The average Bonchev–Trinajstić information content (AvgIpc) is 2.48. The monoisotopic (exact) mass is 341 g/mol. The molecule has 0 aliphatic rings. The van der Waals surface area contributed by atoms with Crippen molar-refractivity contribution in [3.63, 3.8) is 0 Å². The SMILES string of the molecule is CSc1cccc(NS(=O)(=O)c2cn(C)c(=O)n(C)c2=O)c1. The smallest absolute Gasteiger partial charge is 0.302 e. The van der Waals surface area contributed by atoms with Crippen molar-refractivity contribution in [2.75, 3.05) is 11.0 Å². The van der Waals surface area contributed by atoms with E-state index in [1.54, 1.807) is 18.2 Å². The minimum atomic E-state index is -4.08. The van der Waals surface area contributed by atoms with E-state index in [0.29, 0.717) is 5.69 Å². The van der Waals surface area contributed by atoms with Gasteiger partial charge < -0.3 is 4.57 Å². The van der Waals surface area contributed by atoms with Crippen molar-refractivity contribution >= 4 is 27.5 Å².